The van der Waals surface area contributed by atoms with E-state index in [0.29, 0.717) is 0 Å². The van der Waals surface area contributed by atoms with Gasteiger partial charge in [-0.1, -0.05) is 0 Å². The molecule has 1 nitrogen and oxygen atoms in total. The average Bonchev–Trinajstić information content (AvgIpc) is 2.06. The monoisotopic (exact) mass is 246 g/mol. The predicted octanol–water partition coefficient (Wildman–Crippen LogP) is -1.34. The number of hydrogen-bond donors (Lipinski definition) is 0. The summed E-state index contributed by atoms with van der Waals surface area (Å²) in [4.78, 5) is 0. The van der Waals surface area contributed by atoms with Crippen LogP contribution >= 0.6 is 11.6 Å². The van der Waals surface area contributed by atoms with E-state index in [0.717, 1.165) is 18.4 Å². The van der Waals surface area contributed by atoms with Crippen LogP contribution in [0.4, 0.5) is 0 Å². The Hall–Kier alpha value is 0.933. The molecule has 43 valence electrons. The number of hydrogen-bond acceptors (Lipinski definition) is 0. The fraction of sp³-hybridized carbons (Fsp3) is 0.500. The largest absolute Gasteiger partial charge is 1.00 e. The Morgan fingerprint density at radius 2 is 1.88 bits per heavy atom. The van der Waals surface area contributed by atoms with Gasteiger partial charge >= 0.3 is 0 Å². The Bertz CT molecular complexity index is 94.2. The van der Waals surface area contributed by atoms with Crippen molar-refractivity contribution in [3.05, 3.63) is 10.8 Å². The van der Waals surface area contributed by atoms with Crippen molar-refractivity contribution in [2.75, 3.05) is 0 Å². The third-order valence-electron chi connectivity index (χ3n) is 0.778. The number of halogens is 2. The number of rotatable bonds is 0. The maximum atomic E-state index is 9.93. The summed E-state index contributed by atoms with van der Waals surface area (Å²) in [6.07, 6.45) is 1.87. The predicted molar refractivity (Wildman–Crippen MR) is 22.8 cm³/mol. The van der Waals surface area contributed by atoms with E-state index >= 15 is 0 Å². The molecule has 0 N–H and O–H groups in total. The van der Waals surface area contributed by atoms with Crippen molar-refractivity contribution in [1.29, 1.82) is 0 Å². The summed E-state index contributed by atoms with van der Waals surface area (Å²) >= 11 is 5.00. The van der Waals surface area contributed by atoms with E-state index < -0.39 is 0 Å². The average molecular weight is 249 g/mol. The summed E-state index contributed by atoms with van der Waals surface area (Å²) in [6.45, 7) is 0. The molecule has 8 heavy (non-hydrogen) atoms. The van der Waals surface area contributed by atoms with Crippen LogP contribution in [0.25, 0.3) is 0 Å². The van der Waals surface area contributed by atoms with Crippen LogP contribution in [0.3, 0.4) is 0 Å². The van der Waals surface area contributed by atoms with Crippen molar-refractivity contribution in [1.82, 2.24) is 0 Å². The van der Waals surface area contributed by atoms with E-state index in [1.165, 1.54) is 0 Å². The van der Waals surface area contributed by atoms with Crippen molar-refractivity contribution in [3.8, 4) is 0 Å². The SMILES string of the molecule is [Br-].[O]C(Cl)=C1CC1.[Zn]. The van der Waals surface area contributed by atoms with Crippen LogP contribution in [-0.2, 0) is 24.6 Å². The molecule has 0 amide bonds. The van der Waals surface area contributed by atoms with Crippen LogP contribution in [0.5, 0.6) is 0 Å². The van der Waals surface area contributed by atoms with E-state index in [-0.39, 0.29) is 41.7 Å². The van der Waals surface area contributed by atoms with Crippen molar-refractivity contribution < 1.29 is 41.6 Å². The Labute approximate surface area is 76.6 Å². The van der Waals surface area contributed by atoms with Crippen molar-refractivity contribution in [2.45, 2.75) is 12.8 Å². The first-order valence-electron chi connectivity index (χ1n) is 1.85. The van der Waals surface area contributed by atoms with Crippen LogP contribution in [0.2, 0.25) is 0 Å². The minimum Gasteiger partial charge on any atom is -1.00 e. The van der Waals surface area contributed by atoms with Gasteiger partial charge in [-0.25, -0.2) is 0 Å². The quantitative estimate of drug-likeness (QED) is 0.374. The zero-order valence-corrected chi connectivity index (χ0v) is 9.59. The topological polar surface area (TPSA) is 19.9 Å². The van der Waals surface area contributed by atoms with Gasteiger partial charge < -0.3 is 17.0 Å². The first kappa shape index (κ1) is 11.7. The molecular weight excluding hydrogens is 245 g/mol. The van der Waals surface area contributed by atoms with E-state index in [9.17, 15) is 5.11 Å². The molecule has 0 atom stereocenters. The van der Waals surface area contributed by atoms with Gasteiger partial charge in [0.2, 0.25) is 5.22 Å². The van der Waals surface area contributed by atoms with Crippen LogP contribution in [0, 0.1) is 0 Å². The second-order valence-corrected chi connectivity index (χ2v) is 1.72. The van der Waals surface area contributed by atoms with Crippen molar-refractivity contribution >= 4 is 11.6 Å². The summed E-state index contributed by atoms with van der Waals surface area (Å²) in [7, 11) is 0. The molecular formula is C4H4BrClOZn-. The fourth-order valence-electron chi connectivity index (χ4n) is 0.259. The standard InChI is InChI=1S/C4H4ClO.BrH.Zn/c5-4(6)3-1-2-3;;/h1-2H2;1H;/p-1. The molecule has 0 aromatic rings. The van der Waals surface area contributed by atoms with Crippen LogP contribution in [-0.4, -0.2) is 0 Å². The van der Waals surface area contributed by atoms with Gasteiger partial charge in [0, 0.05) is 19.5 Å². The summed E-state index contributed by atoms with van der Waals surface area (Å²) in [5, 5.41) is 9.69. The molecule has 1 rings (SSSR count). The normalized spacial score (nSPS) is 13.4. The smallest absolute Gasteiger partial charge is 0.244 e. The zero-order chi connectivity index (χ0) is 4.57. The van der Waals surface area contributed by atoms with E-state index in [2.05, 4.69) is 0 Å². The molecule has 1 fully saturated rings. The molecule has 0 aromatic carbocycles. The molecule has 1 aliphatic rings. The van der Waals surface area contributed by atoms with Gasteiger partial charge in [0.25, 0.3) is 0 Å². The summed E-state index contributed by atoms with van der Waals surface area (Å²) in [6, 6.07) is 0. The molecule has 0 bridgehead atoms. The van der Waals surface area contributed by atoms with E-state index in [4.69, 9.17) is 11.6 Å². The van der Waals surface area contributed by atoms with Gasteiger partial charge in [-0.05, 0) is 30.0 Å². The second kappa shape index (κ2) is 4.78. The molecule has 4 heteroatoms. The molecule has 1 aliphatic carbocycles. The molecule has 1 radical (unpaired) electrons. The summed E-state index contributed by atoms with van der Waals surface area (Å²) in [5.74, 6) is 0. The van der Waals surface area contributed by atoms with Crippen LogP contribution in [0.1, 0.15) is 12.8 Å². The van der Waals surface area contributed by atoms with E-state index in [1.54, 1.807) is 0 Å². The number of allylic oxidation sites excluding steroid dienone is 1. The molecule has 0 unspecified atom stereocenters. The minimum absolute atomic E-state index is 0. The van der Waals surface area contributed by atoms with Gasteiger partial charge in [-0.15, -0.1) is 0 Å². The van der Waals surface area contributed by atoms with Gasteiger partial charge in [0.1, 0.15) is 0 Å². The molecule has 0 heterocycles. The third-order valence-corrected chi connectivity index (χ3v) is 1.05. The third kappa shape index (κ3) is 3.88. The van der Waals surface area contributed by atoms with Crippen LogP contribution < -0.4 is 17.0 Å². The zero-order valence-electron chi connectivity index (χ0n) is 4.29. The Morgan fingerprint density at radius 3 is 1.88 bits per heavy atom. The molecule has 0 spiro atoms. The minimum atomic E-state index is -0.241. The van der Waals surface area contributed by atoms with Gasteiger partial charge in [-0.2, -0.15) is 0 Å². The Kier molecular flexibility index (Phi) is 6.99. The first-order chi connectivity index (χ1) is 2.80. The maximum Gasteiger partial charge on any atom is 0.244 e. The van der Waals surface area contributed by atoms with Gasteiger partial charge in [-0.3, -0.25) is 5.11 Å². The Morgan fingerprint density at radius 1 is 1.50 bits per heavy atom. The van der Waals surface area contributed by atoms with Crippen molar-refractivity contribution in [3.63, 3.8) is 0 Å². The summed E-state index contributed by atoms with van der Waals surface area (Å²) in [5.41, 5.74) is 0.886. The molecule has 0 saturated heterocycles. The van der Waals surface area contributed by atoms with Crippen molar-refractivity contribution in [2.24, 2.45) is 0 Å². The maximum absolute atomic E-state index is 9.93. The van der Waals surface area contributed by atoms with Gasteiger partial charge in [0.15, 0.2) is 0 Å². The Balaban J connectivity index is 0. The van der Waals surface area contributed by atoms with E-state index in [1.807, 2.05) is 0 Å². The second-order valence-electron chi connectivity index (χ2n) is 1.38. The summed E-state index contributed by atoms with van der Waals surface area (Å²) < 4.78 is 0. The molecule has 0 aliphatic heterocycles. The molecule has 0 aromatic heterocycles. The fourth-order valence-corrected chi connectivity index (χ4v) is 0.448. The van der Waals surface area contributed by atoms with Crippen LogP contribution in [0.15, 0.2) is 10.8 Å². The first-order valence-corrected chi connectivity index (χ1v) is 2.23. The van der Waals surface area contributed by atoms with Gasteiger partial charge in [0.05, 0.1) is 0 Å². The molecule has 1 saturated carbocycles.